The molecule has 0 bridgehead atoms. The Morgan fingerprint density at radius 1 is 1.17 bits per heavy atom. The second-order valence-electron chi connectivity index (χ2n) is 7.26. The average molecular weight is 427 g/mol. The van der Waals surface area contributed by atoms with Gasteiger partial charge in [0, 0.05) is 38.3 Å². The SMILES string of the molecule is Cc1nc(-c2ccc(C(F)(F)F)cc2)sc1C(=O)NCCCN1CCN(C)CC1. The first-order valence-corrected chi connectivity index (χ1v) is 10.4. The van der Waals surface area contributed by atoms with Crippen LogP contribution in [0.2, 0.25) is 0 Å². The molecule has 9 heteroatoms. The lowest BCUT2D eigenvalue weighted by molar-refractivity contribution is -0.137. The molecule has 3 rings (SSSR count). The third kappa shape index (κ3) is 5.77. The third-order valence-electron chi connectivity index (χ3n) is 4.99. The lowest BCUT2D eigenvalue weighted by Gasteiger charge is -2.32. The minimum absolute atomic E-state index is 0.184. The van der Waals surface area contributed by atoms with E-state index in [4.69, 9.17) is 0 Å². The van der Waals surface area contributed by atoms with Gasteiger partial charge in [0.05, 0.1) is 11.3 Å². The van der Waals surface area contributed by atoms with Crippen LogP contribution >= 0.6 is 11.3 Å². The number of carbonyl (C=O) groups excluding carboxylic acids is 1. The molecule has 1 aromatic carbocycles. The Labute approximate surface area is 172 Å². The molecule has 1 amide bonds. The van der Waals surface area contributed by atoms with Gasteiger partial charge in [-0.25, -0.2) is 4.98 Å². The van der Waals surface area contributed by atoms with Crippen molar-refractivity contribution in [1.29, 1.82) is 0 Å². The Balaban J connectivity index is 1.53. The van der Waals surface area contributed by atoms with Gasteiger partial charge in [0.2, 0.25) is 0 Å². The molecule has 1 aromatic heterocycles. The highest BCUT2D eigenvalue weighted by Gasteiger charge is 2.30. The van der Waals surface area contributed by atoms with Crippen LogP contribution in [0.5, 0.6) is 0 Å². The van der Waals surface area contributed by atoms with Gasteiger partial charge in [0.1, 0.15) is 9.88 Å². The second-order valence-corrected chi connectivity index (χ2v) is 8.26. The second kappa shape index (κ2) is 9.23. The smallest absolute Gasteiger partial charge is 0.351 e. The summed E-state index contributed by atoms with van der Waals surface area (Å²) >= 11 is 1.20. The number of thiazole rings is 1. The summed E-state index contributed by atoms with van der Waals surface area (Å²) < 4.78 is 38.1. The Morgan fingerprint density at radius 2 is 1.83 bits per heavy atom. The molecule has 1 fully saturated rings. The highest BCUT2D eigenvalue weighted by Crippen LogP contribution is 2.32. The van der Waals surface area contributed by atoms with Crippen molar-refractivity contribution in [3.63, 3.8) is 0 Å². The minimum atomic E-state index is -4.37. The van der Waals surface area contributed by atoms with Gasteiger partial charge in [-0.3, -0.25) is 4.79 Å². The Bertz CT molecular complexity index is 827. The summed E-state index contributed by atoms with van der Waals surface area (Å²) in [6, 6.07) is 4.84. The molecule has 0 atom stereocenters. The summed E-state index contributed by atoms with van der Waals surface area (Å²) in [6.07, 6.45) is -3.49. The zero-order chi connectivity index (χ0) is 21.0. The number of alkyl halides is 3. The van der Waals surface area contributed by atoms with Crippen molar-refractivity contribution >= 4 is 17.2 Å². The van der Waals surface area contributed by atoms with Crippen LogP contribution in [0.25, 0.3) is 10.6 Å². The monoisotopic (exact) mass is 426 g/mol. The molecule has 1 N–H and O–H groups in total. The van der Waals surface area contributed by atoms with E-state index in [9.17, 15) is 18.0 Å². The molecular formula is C20H25F3N4OS. The lowest BCUT2D eigenvalue weighted by Crippen LogP contribution is -2.45. The zero-order valence-electron chi connectivity index (χ0n) is 16.6. The Morgan fingerprint density at radius 3 is 2.45 bits per heavy atom. The van der Waals surface area contributed by atoms with Gasteiger partial charge in [-0.15, -0.1) is 11.3 Å². The number of amides is 1. The molecule has 0 aliphatic carbocycles. The molecule has 2 aromatic rings. The predicted octanol–water partition coefficient (Wildman–Crippen LogP) is 3.50. The maximum absolute atomic E-state index is 12.7. The van der Waals surface area contributed by atoms with Crippen LogP contribution < -0.4 is 5.32 Å². The van der Waals surface area contributed by atoms with E-state index >= 15 is 0 Å². The predicted molar refractivity (Wildman–Crippen MR) is 108 cm³/mol. The van der Waals surface area contributed by atoms with Gasteiger partial charge < -0.3 is 15.1 Å². The van der Waals surface area contributed by atoms with Crippen LogP contribution in [0.1, 0.15) is 27.3 Å². The minimum Gasteiger partial charge on any atom is -0.351 e. The van der Waals surface area contributed by atoms with E-state index in [1.54, 1.807) is 6.92 Å². The number of piperazine rings is 1. The van der Waals surface area contributed by atoms with E-state index in [1.807, 2.05) is 0 Å². The quantitative estimate of drug-likeness (QED) is 0.719. The lowest BCUT2D eigenvalue weighted by atomic mass is 10.1. The van der Waals surface area contributed by atoms with Crippen molar-refractivity contribution in [2.24, 2.45) is 0 Å². The van der Waals surface area contributed by atoms with E-state index in [-0.39, 0.29) is 5.91 Å². The molecular weight excluding hydrogens is 401 g/mol. The number of likely N-dealkylation sites (N-methyl/N-ethyl adjacent to an activating group) is 1. The first-order valence-electron chi connectivity index (χ1n) is 9.58. The number of halogens is 3. The summed E-state index contributed by atoms with van der Waals surface area (Å²) in [5.74, 6) is -0.184. The molecule has 1 saturated heterocycles. The normalized spacial score (nSPS) is 16.2. The first kappa shape index (κ1) is 21.7. The van der Waals surface area contributed by atoms with Crippen LogP contribution in [0.4, 0.5) is 13.2 Å². The van der Waals surface area contributed by atoms with Crippen molar-refractivity contribution in [2.75, 3.05) is 46.3 Å². The number of carbonyl (C=O) groups is 1. The van der Waals surface area contributed by atoms with Gasteiger partial charge in [-0.1, -0.05) is 12.1 Å². The number of nitrogens with one attached hydrogen (secondary N) is 1. The fraction of sp³-hybridized carbons (Fsp3) is 0.500. The summed E-state index contributed by atoms with van der Waals surface area (Å²) in [5, 5.41) is 3.47. The summed E-state index contributed by atoms with van der Waals surface area (Å²) in [6.45, 7) is 7.51. The van der Waals surface area contributed by atoms with Gasteiger partial charge >= 0.3 is 6.18 Å². The van der Waals surface area contributed by atoms with Crippen LogP contribution in [0.15, 0.2) is 24.3 Å². The van der Waals surface area contributed by atoms with Crippen molar-refractivity contribution in [1.82, 2.24) is 20.1 Å². The molecule has 158 valence electrons. The molecule has 29 heavy (non-hydrogen) atoms. The van der Waals surface area contributed by atoms with E-state index < -0.39 is 11.7 Å². The zero-order valence-corrected chi connectivity index (χ0v) is 17.4. The summed E-state index contributed by atoms with van der Waals surface area (Å²) in [7, 11) is 2.12. The molecule has 2 heterocycles. The topological polar surface area (TPSA) is 48.5 Å². The Hall–Kier alpha value is -1.97. The van der Waals surface area contributed by atoms with Gasteiger partial charge in [-0.05, 0) is 39.1 Å². The van der Waals surface area contributed by atoms with Gasteiger partial charge in [0.15, 0.2) is 0 Å². The van der Waals surface area contributed by atoms with E-state index in [0.717, 1.165) is 51.3 Å². The largest absolute Gasteiger partial charge is 0.416 e. The molecule has 0 spiro atoms. The van der Waals surface area contributed by atoms with Gasteiger partial charge in [0.25, 0.3) is 5.91 Å². The number of nitrogens with zero attached hydrogens (tertiary/aromatic N) is 3. The van der Waals surface area contributed by atoms with Crippen molar-refractivity contribution in [3.8, 4) is 10.6 Å². The highest BCUT2D eigenvalue weighted by molar-refractivity contribution is 7.17. The first-order chi connectivity index (χ1) is 13.7. The fourth-order valence-electron chi connectivity index (χ4n) is 3.19. The molecule has 0 unspecified atom stereocenters. The van der Waals surface area contributed by atoms with E-state index in [1.165, 1.54) is 23.5 Å². The number of hydrogen-bond acceptors (Lipinski definition) is 5. The number of aryl methyl sites for hydroxylation is 1. The average Bonchev–Trinajstić information content (AvgIpc) is 3.08. The number of aromatic nitrogens is 1. The maximum atomic E-state index is 12.7. The number of rotatable bonds is 6. The standard InChI is InChI=1S/C20H25F3N4OS/c1-14-17(18(28)24-8-3-9-27-12-10-26(2)11-13-27)29-19(25-14)15-4-6-16(7-5-15)20(21,22)23/h4-7H,3,8-13H2,1-2H3,(H,24,28). The maximum Gasteiger partial charge on any atom is 0.416 e. The molecule has 5 nitrogen and oxygen atoms in total. The van der Waals surface area contributed by atoms with Crippen LogP contribution in [0.3, 0.4) is 0 Å². The Kier molecular flexibility index (Phi) is 6.92. The fourth-order valence-corrected chi connectivity index (χ4v) is 4.18. The van der Waals surface area contributed by atoms with Crippen molar-refractivity contribution in [3.05, 3.63) is 40.4 Å². The number of hydrogen-bond donors (Lipinski definition) is 1. The number of benzene rings is 1. The molecule has 1 aliphatic rings. The van der Waals surface area contributed by atoms with Crippen LogP contribution in [-0.4, -0.2) is 67.0 Å². The van der Waals surface area contributed by atoms with Crippen LogP contribution in [0, 0.1) is 6.92 Å². The van der Waals surface area contributed by atoms with Crippen molar-refractivity contribution < 1.29 is 18.0 Å². The highest BCUT2D eigenvalue weighted by atomic mass is 32.1. The third-order valence-corrected chi connectivity index (χ3v) is 6.20. The summed E-state index contributed by atoms with van der Waals surface area (Å²) in [5.41, 5.74) is 0.453. The summed E-state index contributed by atoms with van der Waals surface area (Å²) in [4.78, 5) is 22.0. The van der Waals surface area contributed by atoms with E-state index in [2.05, 4.69) is 27.1 Å². The van der Waals surface area contributed by atoms with Gasteiger partial charge in [-0.2, -0.15) is 13.2 Å². The molecule has 0 radical (unpaired) electrons. The molecule has 1 aliphatic heterocycles. The van der Waals surface area contributed by atoms with E-state index in [0.29, 0.717) is 27.7 Å². The van der Waals surface area contributed by atoms with Crippen LogP contribution in [-0.2, 0) is 6.18 Å². The molecule has 0 saturated carbocycles. The van der Waals surface area contributed by atoms with Crippen molar-refractivity contribution in [2.45, 2.75) is 19.5 Å².